The van der Waals surface area contributed by atoms with Crippen molar-refractivity contribution in [1.82, 2.24) is 10.6 Å². The molecule has 0 bridgehead atoms. The van der Waals surface area contributed by atoms with Crippen molar-refractivity contribution >= 4 is 17.7 Å². The minimum atomic E-state index is -0.345. The molecule has 0 aromatic heterocycles. The zero-order chi connectivity index (χ0) is 14.5. The van der Waals surface area contributed by atoms with Gasteiger partial charge in [-0.3, -0.25) is 4.79 Å². The first-order valence-electron chi connectivity index (χ1n) is 6.92. The SMILES string of the molecule is Cc1ccc(C)c(SCC(=O)NCC2CNCC2O)c1. The Kier molecular flexibility index (Phi) is 5.46. The van der Waals surface area contributed by atoms with Crippen molar-refractivity contribution in [3.05, 3.63) is 29.3 Å². The van der Waals surface area contributed by atoms with Crippen LogP contribution in [-0.2, 0) is 4.79 Å². The molecule has 3 N–H and O–H groups in total. The van der Waals surface area contributed by atoms with Gasteiger partial charge < -0.3 is 15.7 Å². The average Bonchev–Trinajstić information content (AvgIpc) is 2.83. The molecule has 0 saturated carbocycles. The summed E-state index contributed by atoms with van der Waals surface area (Å²) in [6.45, 7) is 6.04. The minimum absolute atomic E-state index is 0.0232. The maximum absolute atomic E-state index is 11.8. The second kappa shape index (κ2) is 7.11. The number of carbonyl (C=O) groups excluding carboxylic acids is 1. The van der Waals surface area contributed by atoms with Crippen LogP contribution in [-0.4, -0.2) is 42.5 Å². The molecule has 2 atom stereocenters. The zero-order valence-electron chi connectivity index (χ0n) is 12.0. The maximum Gasteiger partial charge on any atom is 0.230 e. The molecule has 1 amide bonds. The second-order valence-corrected chi connectivity index (χ2v) is 6.36. The molecule has 1 heterocycles. The molecule has 1 aliphatic heterocycles. The van der Waals surface area contributed by atoms with Crippen molar-refractivity contribution in [2.45, 2.75) is 24.8 Å². The summed E-state index contributed by atoms with van der Waals surface area (Å²) in [4.78, 5) is 13.0. The first-order chi connectivity index (χ1) is 9.56. The fourth-order valence-electron chi connectivity index (χ4n) is 2.23. The zero-order valence-corrected chi connectivity index (χ0v) is 12.8. The lowest BCUT2D eigenvalue weighted by Gasteiger charge is -2.14. The number of aliphatic hydroxyl groups is 1. The Morgan fingerprint density at radius 2 is 2.25 bits per heavy atom. The van der Waals surface area contributed by atoms with Gasteiger partial charge in [0, 0.05) is 30.4 Å². The van der Waals surface area contributed by atoms with Gasteiger partial charge in [-0.1, -0.05) is 17.7 Å². The number of hydrogen-bond donors (Lipinski definition) is 3. The topological polar surface area (TPSA) is 61.4 Å². The molecule has 20 heavy (non-hydrogen) atoms. The van der Waals surface area contributed by atoms with E-state index in [9.17, 15) is 9.90 Å². The first-order valence-corrected chi connectivity index (χ1v) is 7.90. The molecule has 4 nitrogen and oxygen atoms in total. The Balaban J connectivity index is 1.76. The summed E-state index contributed by atoms with van der Waals surface area (Å²) in [6.07, 6.45) is -0.345. The lowest BCUT2D eigenvalue weighted by molar-refractivity contribution is -0.118. The largest absolute Gasteiger partial charge is 0.391 e. The smallest absolute Gasteiger partial charge is 0.230 e. The Hall–Kier alpha value is -1.04. The van der Waals surface area contributed by atoms with Gasteiger partial charge >= 0.3 is 0 Å². The highest BCUT2D eigenvalue weighted by Gasteiger charge is 2.24. The third-order valence-corrected chi connectivity index (χ3v) is 4.73. The van der Waals surface area contributed by atoms with E-state index in [0.29, 0.717) is 18.8 Å². The van der Waals surface area contributed by atoms with Crippen molar-refractivity contribution in [3.8, 4) is 0 Å². The van der Waals surface area contributed by atoms with Gasteiger partial charge in [0.2, 0.25) is 5.91 Å². The summed E-state index contributed by atoms with van der Waals surface area (Å²) in [7, 11) is 0. The van der Waals surface area contributed by atoms with Crippen molar-refractivity contribution in [1.29, 1.82) is 0 Å². The summed E-state index contributed by atoms with van der Waals surface area (Å²) in [5.74, 6) is 0.570. The molecule has 2 rings (SSSR count). The van der Waals surface area contributed by atoms with E-state index in [4.69, 9.17) is 0 Å². The normalized spacial score (nSPS) is 21.9. The number of nitrogens with one attached hydrogen (secondary N) is 2. The lowest BCUT2D eigenvalue weighted by Crippen LogP contribution is -2.35. The van der Waals surface area contributed by atoms with Gasteiger partial charge in [-0.25, -0.2) is 0 Å². The predicted octanol–water partition coefficient (Wildman–Crippen LogP) is 1.09. The van der Waals surface area contributed by atoms with Crippen molar-refractivity contribution < 1.29 is 9.90 Å². The molecule has 5 heteroatoms. The fraction of sp³-hybridized carbons (Fsp3) is 0.533. The second-order valence-electron chi connectivity index (χ2n) is 5.35. The quantitative estimate of drug-likeness (QED) is 0.712. The van der Waals surface area contributed by atoms with Gasteiger partial charge in [0.1, 0.15) is 0 Å². The van der Waals surface area contributed by atoms with E-state index in [1.165, 1.54) is 11.1 Å². The first kappa shape index (κ1) is 15.4. The third-order valence-electron chi connectivity index (χ3n) is 3.57. The number of aryl methyl sites for hydroxylation is 2. The van der Waals surface area contributed by atoms with Gasteiger partial charge in [-0.2, -0.15) is 0 Å². The highest BCUT2D eigenvalue weighted by atomic mass is 32.2. The maximum atomic E-state index is 11.8. The van der Waals surface area contributed by atoms with Crippen LogP contribution in [0.15, 0.2) is 23.1 Å². The minimum Gasteiger partial charge on any atom is -0.391 e. The summed E-state index contributed by atoms with van der Waals surface area (Å²) >= 11 is 1.56. The standard InChI is InChI=1S/C15H22N2O2S/c1-10-3-4-11(2)14(5-10)20-9-15(19)17-7-12-6-16-8-13(12)18/h3-5,12-13,16,18H,6-9H2,1-2H3,(H,17,19). The van der Waals surface area contributed by atoms with Crippen LogP contribution in [0.1, 0.15) is 11.1 Å². The molecule has 1 aliphatic rings. The highest BCUT2D eigenvalue weighted by molar-refractivity contribution is 8.00. The number of β-amino-alcohol motifs (C(OH)–C–C–N with tert-alkyl or cyclic N) is 1. The molecule has 1 aromatic rings. The number of rotatable bonds is 5. The molecule has 1 fully saturated rings. The number of benzene rings is 1. The molecule has 0 spiro atoms. The van der Waals surface area contributed by atoms with Gasteiger partial charge in [-0.15, -0.1) is 11.8 Å². The Morgan fingerprint density at radius 1 is 1.45 bits per heavy atom. The van der Waals surface area contributed by atoms with Crippen LogP contribution >= 0.6 is 11.8 Å². The average molecular weight is 294 g/mol. The number of carbonyl (C=O) groups is 1. The fourth-order valence-corrected chi connectivity index (χ4v) is 3.18. The molecule has 0 radical (unpaired) electrons. The molecule has 2 unspecified atom stereocenters. The highest BCUT2D eigenvalue weighted by Crippen LogP contribution is 2.23. The molecule has 0 aliphatic carbocycles. The number of aliphatic hydroxyl groups excluding tert-OH is 1. The van der Waals surface area contributed by atoms with Crippen molar-refractivity contribution in [3.63, 3.8) is 0 Å². The van der Waals surface area contributed by atoms with E-state index in [1.807, 2.05) is 0 Å². The summed E-state index contributed by atoms with van der Waals surface area (Å²) < 4.78 is 0. The Bertz CT molecular complexity index is 479. The predicted molar refractivity (Wildman–Crippen MR) is 82.0 cm³/mol. The molecule has 110 valence electrons. The van der Waals surface area contributed by atoms with Gasteiger partial charge in [-0.05, 0) is 25.5 Å². The summed E-state index contributed by atoms with van der Waals surface area (Å²) in [5.41, 5.74) is 2.41. The number of hydrogen-bond acceptors (Lipinski definition) is 4. The molecular formula is C15H22N2O2S. The lowest BCUT2D eigenvalue weighted by atomic mass is 10.1. The van der Waals surface area contributed by atoms with Gasteiger partial charge in [0.05, 0.1) is 11.9 Å². The number of thioether (sulfide) groups is 1. The van der Waals surface area contributed by atoms with Crippen molar-refractivity contribution in [2.75, 3.05) is 25.4 Å². The monoisotopic (exact) mass is 294 g/mol. The van der Waals surface area contributed by atoms with Crippen LogP contribution in [0.2, 0.25) is 0 Å². The molecule has 1 aromatic carbocycles. The molecular weight excluding hydrogens is 272 g/mol. The van der Waals surface area contributed by atoms with Crippen molar-refractivity contribution in [2.24, 2.45) is 5.92 Å². The van der Waals surface area contributed by atoms with E-state index in [-0.39, 0.29) is 17.9 Å². The van der Waals surface area contributed by atoms with Crippen LogP contribution < -0.4 is 10.6 Å². The van der Waals surface area contributed by atoms with Crippen LogP contribution in [0.25, 0.3) is 0 Å². The van der Waals surface area contributed by atoms with Gasteiger partial charge in [0.15, 0.2) is 0 Å². The van der Waals surface area contributed by atoms with Crippen LogP contribution in [0.5, 0.6) is 0 Å². The van der Waals surface area contributed by atoms with Crippen LogP contribution in [0, 0.1) is 19.8 Å². The van der Waals surface area contributed by atoms with Crippen LogP contribution in [0.4, 0.5) is 0 Å². The third kappa shape index (κ3) is 4.23. The van der Waals surface area contributed by atoms with E-state index in [0.717, 1.165) is 11.4 Å². The summed E-state index contributed by atoms with van der Waals surface area (Å²) in [6, 6.07) is 6.27. The van der Waals surface area contributed by atoms with E-state index in [1.54, 1.807) is 11.8 Å². The van der Waals surface area contributed by atoms with Gasteiger partial charge in [0.25, 0.3) is 0 Å². The van der Waals surface area contributed by atoms with Crippen LogP contribution in [0.3, 0.4) is 0 Å². The summed E-state index contributed by atoms with van der Waals surface area (Å²) in [5, 5.41) is 15.7. The van der Waals surface area contributed by atoms with E-state index < -0.39 is 0 Å². The Labute approximate surface area is 124 Å². The Morgan fingerprint density at radius 3 is 2.95 bits per heavy atom. The van der Waals surface area contributed by atoms with E-state index in [2.05, 4.69) is 42.7 Å². The number of amides is 1. The molecule has 1 saturated heterocycles. The van der Waals surface area contributed by atoms with E-state index >= 15 is 0 Å².